The van der Waals surface area contributed by atoms with Crippen LogP contribution in [-0.2, 0) is 7.05 Å². The van der Waals surface area contributed by atoms with Crippen LogP contribution in [0.3, 0.4) is 0 Å². The molecule has 0 aliphatic heterocycles. The Morgan fingerprint density at radius 1 is 1.38 bits per heavy atom. The van der Waals surface area contributed by atoms with Gasteiger partial charge in [0.05, 0.1) is 0 Å². The third-order valence-corrected chi connectivity index (χ3v) is 1.86. The van der Waals surface area contributed by atoms with Gasteiger partial charge in [-0.05, 0) is 5.92 Å². The first-order chi connectivity index (χ1) is 6.02. The van der Waals surface area contributed by atoms with Crippen molar-refractivity contribution in [1.82, 2.24) is 4.57 Å². The van der Waals surface area contributed by atoms with Crippen LogP contribution >= 0.6 is 0 Å². The summed E-state index contributed by atoms with van der Waals surface area (Å²) in [6.07, 6.45) is 3.77. The number of allylic oxidation sites excluding steroid dienone is 1. The van der Waals surface area contributed by atoms with Gasteiger partial charge in [0.25, 0.3) is 0 Å². The van der Waals surface area contributed by atoms with Gasteiger partial charge in [0.2, 0.25) is 5.88 Å². The van der Waals surface area contributed by atoms with Gasteiger partial charge >= 0.3 is 0 Å². The maximum absolute atomic E-state index is 9.48. The summed E-state index contributed by atoms with van der Waals surface area (Å²) in [4.78, 5) is 0. The number of hydrogen-bond donors (Lipinski definition) is 2. The van der Waals surface area contributed by atoms with Gasteiger partial charge in [0, 0.05) is 18.7 Å². The minimum atomic E-state index is 0.0703. The van der Waals surface area contributed by atoms with Crippen LogP contribution < -0.4 is 0 Å². The Labute approximate surface area is 77.9 Å². The molecule has 1 rings (SSSR count). The van der Waals surface area contributed by atoms with Crippen LogP contribution in [-0.4, -0.2) is 14.8 Å². The molecule has 0 saturated carbocycles. The highest BCUT2D eigenvalue weighted by molar-refractivity contribution is 5.57. The van der Waals surface area contributed by atoms with Crippen LogP contribution in [0, 0.1) is 5.92 Å². The molecular formula is C10H15NO2. The molecule has 0 unspecified atom stereocenters. The van der Waals surface area contributed by atoms with Crippen LogP contribution in [0.2, 0.25) is 0 Å². The molecule has 0 aromatic carbocycles. The second-order valence-corrected chi connectivity index (χ2v) is 3.44. The van der Waals surface area contributed by atoms with Gasteiger partial charge in [-0.2, -0.15) is 0 Å². The van der Waals surface area contributed by atoms with E-state index in [0.717, 1.165) is 0 Å². The number of aromatic nitrogens is 1. The minimum Gasteiger partial charge on any atom is -0.494 e. The molecule has 3 nitrogen and oxygen atoms in total. The molecule has 2 N–H and O–H groups in total. The van der Waals surface area contributed by atoms with Crippen molar-refractivity contribution in [3.63, 3.8) is 0 Å². The van der Waals surface area contributed by atoms with E-state index in [1.54, 1.807) is 13.1 Å². The van der Waals surface area contributed by atoms with Crippen LogP contribution in [0.5, 0.6) is 11.8 Å². The molecule has 0 bridgehead atoms. The fourth-order valence-corrected chi connectivity index (χ4v) is 1.02. The molecule has 13 heavy (non-hydrogen) atoms. The highest BCUT2D eigenvalue weighted by Gasteiger charge is 2.07. The topological polar surface area (TPSA) is 45.4 Å². The molecule has 0 saturated heterocycles. The summed E-state index contributed by atoms with van der Waals surface area (Å²) in [6, 6.07) is 1.54. The van der Waals surface area contributed by atoms with Crippen LogP contribution in [0.15, 0.2) is 12.1 Å². The molecule has 1 aromatic heterocycles. The normalized spacial score (nSPS) is 11.7. The summed E-state index contributed by atoms with van der Waals surface area (Å²) < 4.78 is 1.33. The van der Waals surface area contributed by atoms with Crippen molar-refractivity contribution in [3.8, 4) is 11.8 Å². The molecule has 0 aliphatic rings. The predicted octanol–water partition coefficient (Wildman–Crippen LogP) is 2.11. The van der Waals surface area contributed by atoms with Gasteiger partial charge in [-0.15, -0.1) is 0 Å². The lowest BCUT2D eigenvalue weighted by molar-refractivity contribution is 0.386. The van der Waals surface area contributed by atoms with Crippen molar-refractivity contribution in [2.24, 2.45) is 13.0 Å². The molecule has 0 radical (unpaired) electrons. The molecule has 0 aliphatic carbocycles. The third-order valence-electron chi connectivity index (χ3n) is 1.86. The maximum atomic E-state index is 9.48. The van der Waals surface area contributed by atoms with Gasteiger partial charge in [-0.25, -0.2) is 0 Å². The zero-order valence-electron chi connectivity index (χ0n) is 8.15. The molecule has 0 amide bonds. The van der Waals surface area contributed by atoms with Crippen LogP contribution in [0.25, 0.3) is 6.08 Å². The molecule has 1 heterocycles. The lowest BCUT2D eigenvalue weighted by Gasteiger charge is -1.96. The van der Waals surface area contributed by atoms with Crippen molar-refractivity contribution >= 4 is 6.08 Å². The number of hydrogen-bond acceptors (Lipinski definition) is 2. The van der Waals surface area contributed by atoms with Gasteiger partial charge in [-0.3, -0.25) is 4.57 Å². The second kappa shape index (κ2) is 3.56. The van der Waals surface area contributed by atoms with E-state index in [0.29, 0.717) is 11.5 Å². The molecule has 1 aromatic rings. The summed E-state index contributed by atoms with van der Waals surface area (Å²) in [5.74, 6) is 0.594. The van der Waals surface area contributed by atoms with Crippen molar-refractivity contribution in [3.05, 3.63) is 17.7 Å². The van der Waals surface area contributed by atoms with E-state index in [-0.39, 0.29) is 11.8 Å². The first-order valence-corrected chi connectivity index (χ1v) is 4.28. The lowest BCUT2D eigenvalue weighted by atomic mass is 10.2. The Hall–Kier alpha value is -1.38. The molecular weight excluding hydrogens is 166 g/mol. The molecule has 0 atom stereocenters. The van der Waals surface area contributed by atoms with Gasteiger partial charge in [0.1, 0.15) is 0 Å². The van der Waals surface area contributed by atoms with E-state index in [2.05, 4.69) is 13.8 Å². The standard InChI is InChI=1S/C10H15NO2/c1-7(2)4-5-8-6-9(12)11(3)10(8)13/h4-7,12-13H,1-3H3. The molecule has 72 valence electrons. The van der Waals surface area contributed by atoms with E-state index in [4.69, 9.17) is 0 Å². The van der Waals surface area contributed by atoms with E-state index in [1.165, 1.54) is 10.6 Å². The average molecular weight is 181 g/mol. The lowest BCUT2D eigenvalue weighted by Crippen LogP contribution is -1.84. The Morgan fingerprint density at radius 3 is 2.38 bits per heavy atom. The highest BCUT2D eigenvalue weighted by atomic mass is 16.3. The summed E-state index contributed by atoms with van der Waals surface area (Å²) in [6.45, 7) is 4.10. The first-order valence-electron chi connectivity index (χ1n) is 4.28. The van der Waals surface area contributed by atoms with Crippen LogP contribution in [0.1, 0.15) is 19.4 Å². The molecule has 0 spiro atoms. The zero-order valence-corrected chi connectivity index (χ0v) is 8.15. The highest BCUT2D eigenvalue weighted by Crippen LogP contribution is 2.26. The predicted molar refractivity (Wildman–Crippen MR) is 52.6 cm³/mol. The quantitative estimate of drug-likeness (QED) is 0.734. The number of aromatic hydroxyl groups is 2. The van der Waals surface area contributed by atoms with E-state index in [1.807, 2.05) is 6.08 Å². The smallest absolute Gasteiger partial charge is 0.201 e. The van der Waals surface area contributed by atoms with Gasteiger partial charge in [0.15, 0.2) is 5.88 Å². The van der Waals surface area contributed by atoms with Crippen molar-refractivity contribution in [2.45, 2.75) is 13.8 Å². The van der Waals surface area contributed by atoms with Crippen molar-refractivity contribution in [2.75, 3.05) is 0 Å². The van der Waals surface area contributed by atoms with Crippen molar-refractivity contribution in [1.29, 1.82) is 0 Å². The Bertz CT molecular complexity index is 324. The fourth-order valence-electron chi connectivity index (χ4n) is 1.02. The van der Waals surface area contributed by atoms with Gasteiger partial charge < -0.3 is 10.2 Å². The summed E-state index contributed by atoms with van der Waals surface area (Å²) >= 11 is 0. The fraction of sp³-hybridized carbons (Fsp3) is 0.400. The SMILES string of the molecule is CC(C)C=Cc1cc(O)n(C)c1O. The Kier molecular flexibility index (Phi) is 2.66. The molecule has 3 heteroatoms. The Balaban J connectivity index is 2.96. The third kappa shape index (κ3) is 2.05. The zero-order chi connectivity index (χ0) is 10.0. The summed E-state index contributed by atoms with van der Waals surface area (Å²) in [7, 11) is 1.61. The first kappa shape index (κ1) is 9.71. The number of nitrogens with zero attached hydrogens (tertiary/aromatic N) is 1. The largest absolute Gasteiger partial charge is 0.494 e. The average Bonchev–Trinajstić information content (AvgIpc) is 2.29. The van der Waals surface area contributed by atoms with Crippen molar-refractivity contribution < 1.29 is 10.2 Å². The molecule has 0 fully saturated rings. The van der Waals surface area contributed by atoms with Gasteiger partial charge in [-0.1, -0.05) is 26.0 Å². The summed E-state index contributed by atoms with van der Waals surface area (Å²) in [5.41, 5.74) is 0.647. The maximum Gasteiger partial charge on any atom is 0.201 e. The van der Waals surface area contributed by atoms with E-state index < -0.39 is 0 Å². The Morgan fingerprint density at radius 2 is 2.00 bits per heavy atom. The monoisotopic (exact) mass is 181 g/mol. The second-order valence-electron chi connectivity index (χ2n) is 3.44. The van der Waals surface area contributed by atoms with Crippen LogP contribution in [0.4, 0.5) is 0 Å². The van der Waals surface area contributed by atoms with E-state index in [9.17, 15) is 10.2 Å². The summed E-state index contributed by atoms with van der Waals surface area (Å²) in [5, 5.41) is 18.7. The van der Waals surface area contributed by atoms with E-state index >= 15 is 0 Å². The number of rotatable bonds is 2. The minimum absolute atomic E-state index is 0.0703.